The third kappa shape index (κ3) is 8.34. The van der Waals surface area contributed by atoms with E-state index in [1.807, 2.05) is 72.8 Å². The minimum Gasteiger partial charge on any atom is -0.311 e. The second kappa shape index (κ2) is 19.1. The van der Waals surface area contributed by atoms with Crippen LogP contribution in [0.15, 0.2) is 242 Å². The summed E-state index contributed by atoms with van der Waals surface area (Å²) >= 11 is 0. The van der Waals surface area contributed by atoms with Crippen LogP contribution in [0.5, 0.6) is 0 Å². The van der Waals surface area contributed by atoms with Gasteiger partial charge in [0.1, 0.15) is 0 Å². The molecule has 4 nitrogen and oxygen atoms in total. The molecule has 11 aromatic carbocycles. The lowest BCUT2D eigenvalue weighted by atomic mass is 9.33. The average molecular weight is 1100 g/mol. The molecule has 2 aliphatic rings. The van der Waals surface area contributed by atoms with Crippen LogP contribution in [-0.4, -0.2) is 15.8 Å². The fourth-order valence-electron chi connectivity index (χ4n) is 13.0. The Bertz CT molecular complexity index is 5250. The lowest BCUT2D eigenvalue weighted by molar-refractivity contribution is 0.411. The van der Waals surface area contributed by atoms with Crippen LogP contribution in [0.1, 0.15) is 101 Å². The van der Waals surface area contributed by atoms with Crippen molar-refractivity contribution in [2.75, 3.05) is 9.80 Å². The Morgan fingerprint density at radius 1 is 0.369 bits per heavy atom. The first-order chi connectivity index (χ1) is 47.2. The topological polar surface area (TPSA) is 16.3 Å². The molecular formula is C79H69BN4. The van der Waals surface area contributed by atoms with Gasteiger partial charge in [0.15, 0.2) is 0 Å². The van der Waals surface area contributed by atoms with E-state index >= 15 is 0 Å². The van der Waals surface area contributed by atoms with E-state index in [4.69, 9.17) is 11.0 Å². The molecule has 0 fully saturated rings. The Labute approximate surface area is 517 Å². The summed E-state index contributed by atoms with van der Waals surface area (Å²) in [6, 6.07) is 41.8. The number of benzene rings is 11. The third-order valence-corrected chi connectivity index (χ3v) is 16.8. The van der Waals surface area contributed by atoms with Crippen molar-refractivity contribution in [3.63, 3.8) is 0 Å². The summed E-state index contributed by atoms with van der Waals surface area (Å²) in [6.45, 7) is 19.0. The second-order valence-corrected chi connectivity index (χ2v) is 25.6. The highest BCUT2D eigenvalue weighted by atomic mass is 15.2. The molecule has 4 heterocycles. The van der Waals surface area contributed by atoms with E-state index in [2.05, 4.69) is 145 Å². The molecule has 2 aromatic heterocycles. The predicted molar refractivity (Wildman–Crippen MR) is 361 cm³/mol. The highest BCUT2D eigenvalue weighted by Gasteiger charge is 2.45. The summed E-state index contributed by atoms with van der Waals surface area (Å²) in [7, 11) is 0. The van der Waals surface area contributed by atoms with Crippen molar-refractivity contribution in [1.29, 1.82) is 0 Å². The maximum atomic E-state index is 9.64. The standard InChI is InChI=1S/C79H69BN4/c1-77(2,3)50-51-44-74-76-75(45-51)84(71-43-37-55(79(7,8)9)47-63(71)53-26-14-11-15-27-53)73-49-57(82-68-34-22-18-30-60(68)61-31-19-23-35-69(61)82)39-41-65(73)80(76)64-40-38-56(81-66-32-20-16-28-58(66)59-29-17-21-33-67(59)81)48-72(64)83(74)70-42-36-54(78(4,5)6)46-62(70)52-24-12-10-13-25-52/h10-49H,50H2,1-9H3/i16D,17D,18D,19D,20D,21D,22D,23D,28D,29D,30D,31D,32D,33D,34D,35D. The first kappa shape index (κ1) is 37.0. The van der Waals surface area contributed by atoms with Crippen LogP contribution in [-0.2, 0) is 17.3 Å². The highest BCUT2D eigenvalue weighted by Crippen LogP contribution is 2.51. The Hall–Kier alpha value is -9.32. The van der Waals surface area contributed by atoms with Crippen LogP contribution in [0.3, 0.4) is 0 Å². The minimum atomic E-state index is -0.655. The van der Waals surface area contributed by atoms with Crippen LogP contribution in [0.2, 0.25) is 0 Å². The van der Waals surface area contributed by atoms with Crippen molar-refractivity contribution < 1.29 is 21.9 Å². The third-order valence-electron chi connectivity index (χ3n) is 16.8. The maximum Gasteiger partial charge on any atom is 0.252 e. The second-order valence-electron chi connectivity index (χ2n) is 25.6. The van der Waals surface area contributed by atoms with Gasteiger partial charge in [0.05, 0.1) is 55.4 Å². The number of nitrogens with zero attached hydrogens (tertiary/aromatic N) is 4. The normalized spacial score (nSPS) is 15.9. The summed E-state index contributed by atoms with van der Waals surface area (Å²) in [5.74, 6) is 0. The predicted octanol–water partition coefficient (Wildman–Crippen LogP) is 19.5. The summed E-state index contributed by atoms with van der Waals surface area (Å²) < 4.78 is 151. The van der Waals surface area contributed by atoms with Gasteiger partial charge in [-0.3, -0.25) is 0 Å². The number of para-hydroxylation sites is 4. The molecule has 0 atom stereocenters. The van der Waals surface area contributed by atoms with Crippen LogP contribution >= 0.6 is 0 Å². The molecule has 0 saturated heterocycles. The molecule has 0 N–H and O–H groups in total. The lowest BCUT2D eigenvalue weighted by Crippen LogP contribution is -2.61. The van der Waals surface area contributed by atoms with Crippen molar-refractivity contribution >= 4 is 101 Å². The Balaban J connectivity index is 1.14. The first-order valence-electron chi connectivity index (χ1n) is 36.7. The molecular weight excluding hydrogens is 1020 g/mol. The molecule has 0 radical (unpaired) electrons. The van der Waals surface area contributed by atoms with Gasteiger partial charge >= 0.3 is 0 Å². The molecule has 0 amide bonds. The minimum absolute atomic E-state index is 0.0253. The van der Waals surface area contributed by atoms with Gasteiger partial charge in [-0.05, 0) is 152 Å². The van der Waals surface area contributed by atoms with Crippen molar-refractivity contribution in [3.8, 4) is 33.6 Å². The molecule has 15 rings (SSSR count). The molecule has 0 saturated carbocycles. The van der Waals surface area contributed by atoms with Gasteiger partial charge in [-0.2, -0.15) is 0 Å². The van der Waals surface area contributed by atoms with Crippen LogP contribution < -0.4 is 26.2 Å². The molecule has 0 aliphatic carbocycles. The van der Waals surface area contributed by atoms with Crippen molar-refractivity contribution in [1.82, 2.24) is 9.13 Å². The van der Waals surface area contributed by atoms with E-state index in [1.54, 1.807) is 9.13 Å². The van der Waals surface area contributed by atoms with Gasteiger partial charge in [-0.25, -0.2) is 0 Å². The first-order valence-corrected chi connectivity index (χ1v) is 28.7. The molecule has 2 aliphatic heterocycles. The zero-order chi connectivity index (χ0) is 71.3. The zero-order valence-corrected chi connectivity index (χ0v) is 48.4. The lowest BCUT2D eigenvalue weighted by Gasteiger charge is -2.45. The Kier molecular flexibility index (Phi) is 8.42. The number of anilines is 6. The molecule has 0 unspecified atom stereocenters. The number of hydrogen-bond acceptors (Lipinski definition) is 2. The van der Waals surface area contributed by atoms with Crippen molar-refractivity contribution in [2.24, 2.45) is 5.41 Å². The van der Waals surface area contributed by atoms with Gasteiger partial charge in [-0.15, -0.1) is 0 Å². The number of fused-ring (bicyclic) bond motifs is 10. The fourth-order valence-corrected chi connectivity index (χ4v) is 13.0. The van der Waals surface area contributed by atoms with E-state index < -0.39 is 103 Å². The number of aromatic nitrogens is 2. The fraction of sp³-hybridized carbons (Fsp3) is 0.165. The van der Waals surface area contributed by atoms with Crippen LogP contribution in [0, 0.1) is 5.41 Å². The monoisotopic (exact) mass is 1100 g/mol. The molecule has 408 valence electrons. The van der Waals surface area contributed by atoms with Crippen molar-refractivity contribution in [2.45, 2.75) is 79.6 Å². The van der Waals surface area contributed by atoms with Crippen LogP contribution in [0.4, 0.5) is 34.1 Å². The smallest absolute Gasteiger partial charge is 0.252 e. The average Bonchev–Trinajstić information content (AvgIpc) is 0.988. The molecule has 0 spiro atoms. The van der Waals surface area contributed by atoms with E-state index in [9.17, 15) is 11.0 Å². The van der Waals surface area contributed by atoms with Gasteiger partial charge < -0.3 is 18.9 Å². The number of rotatable bonds is 7. The molecule has 13 aromatic rings. The van der Waals surface area contributed by atoms with E-state index in [0.717, 1.165) is 78.1 Å². The summed E-state index contributed by atoms with van der Waals surface area (Å²) in [4.78, 5) is 4.56. The van der Waals surface area contributed by atoms with E-state index in [1.165, 1.54) is 0 Å². The van der Waals surface area contributed by atoms with Crippen molar-refractivity contribution in [3.05, 3.63) is 259 Å². The molecule has 0 bridgehead atoms. The number of hydrogen-bond donors (Lipinski definition) is 0. The van der Waals surface area contributed by atoms with E-state index in [-0.39, 0.29) is 59.9 Å². The van der Waals surface area contributed by atoms with Gasteiger partial charge in [-0.1, -0.05) is 220 Å². The SMILES string of the molecule is [2H]c1c([2H])c([2H])c2c(c1[2H])c1c([2H])c([2H])c([2H])c([2H])c1n2-c1ccc2c(c1)N(c1ccc(C(C)(C)C)cc1-c1ccccc1)c1cc(CC(C)(C)C)cc3c1B2c1ccc(-n2c4c([2H])c([2H])c([2H])c([2H])c4c4c([2H])c([2H])c([2H])c([2H])c42)cc1N3c1ccc(C(C)(C)C)cc1-c1ccccc1. The van der Waals surface area contributed by atoms with E-state index in [0.29, 0.717) is 29.2 Å². The van der Waals surface area contributed by atoms with Gasteiger partial charge in [0.25, 0.3) is 6.71 Å². The van der Waals surface area contributed by atoms with Gasteiger partial charge in [0, 0.05) is 66.8 Å². The summed E-state index contributed by atoms with van der Waals surface area (Å²) in [6.07, 6.45) is 0.583. The Morgan fingerprint density at radius 2 is 0.738 bits per heavy atom. The summed E-state index contributed by atoms with van der Waals surface area (Å²) in [5, 5.41) is -0.202. The van der Waals surface area contributed by atoms with Crippen LogP contribution in [0.25, 0.3) is 77.2 Å². The van der Waals surface area contributed by atoms with Gasteiger partial charge in [0.2, 0.25) is 0 Å². The molecule has 5 heteroatoms. The zero-order valence-electron chi connectivity index (χ0n) is 64.4. The quantitative estimate of drug-likeness (QED) is 0.148. The maximum absolute atomic E-state index is 9.64. The highest BCUT2D eigenvalue weighted by molar-refractivity contribution is 7.00. The Morgan fingerprint density at radius 3 is 1.10 bits per heavy atom. The summed E-state index contributed by atoms with van der Waals surface area (Å²) in [5.41, 5.74) is 13.5. The largest absolute Gasteiger partial charge is 0.311 e. The molecule has 84 heavy (non-hydrogen) atoms.